The highest BCUT2D eigenvalue weighted by Gasteiger charge is 2.43. The van der Waals surface area contributed by atoms with Crippen molar-refractivity contribution >= 4 is 11.7 Å². The molecule has 1 N–H and O–H groups in total. The summed E-state index contributed by atoms with van der Waals surface area (Å²) in [5.41, 5.74) is 0.699. The number of benzene rings is 1. The summed E-state index contributed by atoms with van der Waals surface area (Å²) in [5, 5.41) is 10.2. The molecular formula is C18H17NO5. The van der Waals surface area contributed by atoms with Crippen LogP contribution in [0.15, 0.2) is 58.4 Å². The molecule has 0 aliphatic carbocycles. The van der Waals surface area contributed by atoms with Crippen LogP contribution in [0.1, 0.15) is 24.3 Å². The molecule has 0 saturated carbocycles. The van der Waals surface area contributed by atoms with Crippen molar-refractivity contribution in [3.05, 3.63) is 65.3 Å². The number of nitrogens with zero attached hydrogens (tertiary/aromatic N) is 1. The van der Waals surface area contributed by atoms with Crippen LogP contribution in [-0.2, 0) is 16.1 Å². The Morgan fingerprint density at radius 2 is 2.04 bits per heavy atom. The Hall–Kier alpha value is -3.02. The van der Waals surface area contributed by atoms with Gasteiger partial charge in [0.25, 0.3) is 5.91 Å². The lowest BCUT2D eigenvalue weighted by molar-refractivity contribution is -0.130. The van der Waals surface area contributed by atoms with Gasteiger partial charge in [0.1, 0.15) is 11.5 Å². The van der Waals surface area contributed by atoms with E-state index in [9.17, 15) is 14.7 Å². The molecule has 1 aromatic carbocycles. The molecule has 124 valence electrons. The highest BCUT2D eigenvalue weighted by Crippen LogP contribution is 2.41. The maximum atomic E-state index is 12.5. The highest BCUT2D eigenvalue weighted by atomic mass is 16.5. The molecule has 1 aliphatic heterocycles. The summed E-state index contributed by atoms with van der Waals surface area (Å²) in [6.45, 7) is 1.47. The molecule has 1 atom stereocenters. The van der Waals surface area contributed by atoms with E-state index in [0.717, 1.165) is 0 Å². The number of methoxy groups -OCH3 is 1. The Bertz CT molecular complexity index is 807. The molecule has 1 aromatic heterocycles. The van der Waals surface area contributed by atoms with Gasteiger partial charge in [-0.15, -0.1) is 0 Å². The van der Waals surface area contributed by atoms with E-state index in [1.807, 2.05) is 0 Å². The molecule has 2 heterocycles. The van der Waals surface area contributed by atoms with Crippen molar-refractivity contribution in [3.63, 3.8) is 0 Å². The second-order valence-electron chi connectivity index (χ2n) is 5.48. The number of carbonyl (C=O) groups excluding carboxylic acids is 2. The van der Waals surface area contributed by atoms with Gasteiger partial charge in [0.2, 0.25) is 0 Å². The fraction of sp³-hybridized carbons (Fsp3) is 0.222. The zero-order valence-corrected chi connectivity index (χ0v) is 13.4. The van der Waals surface area contributed by atoms with E-state index in [1.54, 1.807) is 36.4 Å². The van der Waals surface area contributed by atoms with E-state index < -0.39 is 17.7 Å². The number of aliphatic hydroxyl groups excluding tert-OH is 1. The van der Waals surface area contributed by atoms with Crippen molar-refractivity contribution in [2.24, 2.45) is 0 Å². The predicted molar refractivity (Wildman–Crippen MR) is 85.3 cm³/mol. The summed E-state index contributed by atoms with van der Waals surface area (Å²) in [4.78, 5) is 26.0. The topological polar surface area (TPSA) is 80.0 Å². The smallest absolute Gasteiger partial charge is 0.290 e. The summed E-state index contributed by atoms with van der Waals surface area (Å²) in [6.07, 6.45) is 1.51. The van der Waals surface area contributed by atoms with Crippen molar-refractivity contribution in [1.29, 1.82) is 0 Å². The van der Waals surface area contributed by atoms with Crippen LogP contribution >= 0.6 is 0 Å². The Morgan fingerprint density at radius 3 is 2.67 bits per heavy atom. The molecule has 3 rings (SSSR count). The third kappa shape index (κ3) is 2.56. The lowest BCUT2D eigenvalue weighted by Crippen LogP contribution is -2.30. The lowest BCUT2D eigenvalue weighted by Gasteiger charge is -2.26. The quantitative estimate of drug-likeness (QED) is 0.913. The normalized spacial score (nSPS) is 17.5. The van der Waals surface area contributed by atoms with Crippen LogP contribution in [0.4, 0.5) is 0 Å². The molecule has 0 spiro atoms. The fourth-order valence-electron chi connectivity index (χ4n) is 2.96. The van der Waals surface area contributed by atoms with Gasteiger partial charge in [-0.25, -0.2) is 0 Å². The van der Waals surface area contributed by atoms with Gasteiger partial charge < -0.3 is 19.2 Å². The van der Waals surface area contributed by atoms with Crippen LogP contribution in [-0.4, -0.2) is 28.8 Å². The largest absolute Gasteiger partial charge is 0.503 e. The Labute approximate surface area is 138 Å². The van der Waals surface area contributed by atoms with Crippen LogP contribution in [0.5, 0.6) is 5.75 Å². The molecule has 6 nitrogen and oxygen atoms in total. The molecule has 1 aliphatic rings. The van der Waals surface area contributed by atoms with Gasteiger partial charge >= 0.3 is 0 Å². The Balaban J connectivity index is 2.11. The Morgan fingerprint density at radius 1 is 1.29 bits per heavy atom. The van der Waals surface area contributed by atoms with Crippen LogP contribution in [0.3, 0.4) is 0 Å². The third-order valence-corrected chi connectivity index (χ3v) is 4.02. The SMILES string of the molecule is COc1ccccc1C1C(C(C)=O)=C(O)C(=O)N1Cc1ccco1. The molecule has 0 saturated heterocycles. The molecule has 0 bridgehead atoms. The average Bonchev–Trinajstić information content (AvgIpc) is 3.17. The molecule has 0 radical (unpaired) electrons. The zero-order chi connectivity index (χ0) is 17.3. The number of hydrogen-bond donors (Lipinski definition) is 1. The van der Waals surface area contributed by atoms with Gasteiger partial charge in [-0.05, 0) is 25.1 Å². The predicted octanol–water partition coefficient (Wildman–Crippen LogP) is 2.77. The van der Waals surface area contributed by atoms with Gasteiger partial charge in [0, 0.05) is 5.56 Å². The van der Waals surface area contributed by atoms with Gasteiger partial charge in [-0.3, -0.25) is 9.59 Å². The number of carbonyl (C=O) groups is 2. The lowest BCUT2D eigenvalue weighted by atomic mass is 9.96. The van der Waals surface area contributed by atoms with Crippen molar-refractivity contribution < 1.29 is 23.8 Å². The third-order valence-electron chi connectivity index (χ3n) is 4.02. The molecule has 0 fully saturated rings. The minimum absolute atomic E-state index is 0.0658. The summed E-state index contributed by atoms with van der Waals surface area (Å²) in [7, 11) is 1.52. The molecule has 1 unspecified atom stereocenters. The number of para-hydroxylation sites is 1. The molecular weight excluding hydrogens is 310 g/mol. The van der Waals surface area contributed by atoms with E-state index in [4.69, 9.17) is 9.15 Å². The summed E-state index contributed by atoms with van der Waals surface area (Å²) >= 11 is 0. The van der Waals surface area contributed by atoms with Crippen LogP contribution in [0, 0.1) is 0 Å². The number of ether oxygens (including phenoxy) is 1. The zero-order valence-electron chi connectivity index (χ0n) is 13.4. The average molecular weight is 327 g/mol. The molecule has 6 heteroatoms. The maximum absolute atomic E-state index is 12.5. The fourth-order valence-corrected chi connectivity index (χ4v) is 2.96. The second kappa shape index (κ2) is 6.23. The standard InChI is InChI=1S/C18H17NO5/c1-11(20)15-16(13-7-3-4-8-14(13)23-2)19(18(22)17(15)21)10-12-6-5-9-24-12/h3-9,16,21H,10H2,1-2H3. The van der Waals surface area contributed by atoms with Crippen LogP contribution in [0.2, 0.25) is 0 Å². The monoisotopic (exact) mass is 327 g/mol. The van der Waals surface area contributed by atoms with Gasteiger partial charge in [0.05, 0.1) is 31.5 Å². The molecule has 24 heavy (non-hydrogen) atoms. The first-order valence-electron chi connectivity index (χ1n) is 7.45. The first-order valence-corrected chi connectivity index (χ1v) is 7.45. The van der Waals surface area contributed by atoms with Gasteiger partial charge in [-0.1, -0.05) is 18.2 Å². The number of rotatable bonds is 5. The Kier molecular flexibility index (Phi) is 4.12. The highest BCUT2D eigenvalue weighted by molar-refractivity contribution is 6.08. The molecule has 2 aromatic rings. The first kappa shape index (κ1) is 15.9. The van der Waals surface area contributed by atoms with Gasteiger partial charge in [0.15, 0.2) is 11.5 Å². The summed E-state index contributed by atoms with van der Waals surface area (Å²) < 4.78 is 10.7. The summed E-state index contributed by atoms with van der Waals surface area (Å²) in [6, 6.07) is 9.83. The van der Waals surface area contributed by atoms with Gasteiger partial charge in [-0.2, -0.15) is 0 Å². The van der Waals surface area contributed by atoms with E-state index in [0.29, 0.717) is 17.1 Å². The number of ketones is 1. The molecule has 1 amide bonds. The number of Topliss-reactive ketones (excluding diaryl/α,β-unsaturated/α-hetero) is 1. The van der Waals surface area contributed by atoms with Crippen LogP contribution < -0.4 is 4.74 Å². The maximum Gasteiger partial charge on any atom is 0.290 e. The minimum Gasteiger partial charge on any atom is -0.503 e. The van der Waals surface area contributed by atoms with Crippen molar-refractivity contribution in [2.45, 2.75) is 19.5 Å². The van der Waals surface area contributed by atoms with Crippen molar-refractivity contribution in [3.8, 4) is 5.75 Å². The number of hydrogen-bond acceptors (Lipinski definition) is 5. The van der Waals surface area contributed by atoms with E-state index in [1.165, 1.54) is 25.2 Å². The van der Waals surface area contributed by atoms with E-state index in [2.05, 4.69) is 0 Å². The van der Waals surface area contributed by atoms with E-state index in [-0.39, 0.29) is 17.9 Å². The van der Waals surface area contributed by atoms with E-state index >= 15 is 0 Å². The van der Waals surface area contributed by atoms with Crippen molar-refractivity contribution in [2.75, 3.05) is 7.11 Å². The first-order chi connectivity index (χ1) is 11.5. The van der Waals surface area contributed by atoms with Crippen LogP contribution in [0.25, 0.3) is 0 Å². The number of aliphatic hydroxyl groups is 1. The second-order valence-corrected chi connectivity index (χ2v) is 5.48. The summed E-state index contributed by atoms with van der Waals surface area (Å²) in [5.74, 6) is -0.398. The number of amides is 1. The number of furan rings is 1. The minimum atomic E-state index is -0.726. The van der Waals surface area contributed by atoms with Crippen molar-refractivity contribution in [1.82, 2.24) is 4.90 Å².